The van der Waals surface area contributed by atoms with Crippen molar-refractivity contribution in [2.45, 2.75) is 26.5 Å². The van der Waals surface area contributed by atoms with Crippen LogP contribution in [0.1, 0.15) is 38.2 Å². The van der Waals surface area contributed by atoms with Gasteiger partial charge in [-0.25, -0.2) is 14.5 Å². The number of pyridine rings is 1. The predicted molar refractivity (Wildman–Crippen MR) is 108 cm³/mol. The molecule has 4 rings (SSSR count). The quantitative estimate of drug-likeness (QED) is 0.477. The third-order valence-corrected chi connectivity index (χ3v) is 5.22. The number of rotatable bonds is 7. The van der Waals surface area contributed by atoms with Crippen LogP contribution < -0.4 is 10.1 Å². The maximum absolute atomic E-state index is 11.6. The van der Waals surface area contributed by atoms with Crippen LogP contribution >= 0.6 is 0 Å². The van der Waals surface area contributed by atoms with Crippen molar-refractivity contribution in [1.29, 1.82) is 5.26 Å². The number of aromatic nitrogens is 3. The van der Waals surface area contributed by atoms with E-state index in [4.69, 9.17) is 14.7 Å². The van der Waals surface area contributed by atoms with Gasteiger partial charge in [-0.1, -0.05) is 12.1 Å². The molecule has 8 heteroatoms. The highest BCUT2D eigenvalue weighted by Crippen LogP contribution is 2.26. The van der Waals surface area contributed by atoms with E-state index in [0.717, 1.165) is 29.7 Å². The third kappa shape index (κ3) is 3.75. The number of esters is 1. The number of benzene rings is 1. The smallest absolute Gasteiger partial charge is 0.338 e. The van der Waals surface area contributed by atoms with Crippen LogP contribution in [0.15, 0.2) is 36.7 Å². The number of carbonyl (C=O) groups is 1. The molecule has 1 aromatic carbocycles. The van der Waals surface area contributed by atoms with Gasteiger partial charge in [0.1, 0.15) is 18.2 Å². The SMILES string of the molecule is COc1nn(-c2ccc(CNCCc3ccc4c(c3C)COC4=O)cn2)cc1C#N. The van der Waals surface area contributed by atoms with Gasteiger partial charge in [-0.2, -0.15) is 5.26 Å². The molecule has 0 fully saturated rings. The summed E-state index contributed by atoms with van der Waals surface area (Å²) < 4.78 is 11.7. The lowest BCUT2D eigenvalue weighted by atomic mass is 9.97. The molecule has 1 aliphatic heterocycles. The molecule has 152 valence electrons. The van der Waals surface area contributed by atoms with Crippen LogP contribution in [0.4, 0.5) is 0 Å². The van der Waals surface area contributed by atoms with E-state index in [0.29, 0.717) is 30.1 Å². The number of nitrogens with one attached hydrogen (secondary N) is 1. The number of nitriles is 1. The minimum atomic E-state index is -0.230. The molecule has 0 bridgehead atoms. The minimum Gasteiger partial charge on any atom is -0.479 e. The van der Waals surface area contributed by atoms with E-state index >= 15 is 0 Å². The molecule has 2 aromatic heterocycles. The molecule has 0 saturated heterocycles. The van der Waals surface area contributed by atoms with Crippen LogP contribution in [0, 0.1) is 18.3 Å². The summed E-state index contributed by atoms with van der Waals surface area (Å²) in [6.07, 6.45) is 4.24. The van der Waals surface area contributed by atoms with Gasteiger partial charge in [-0.15, -0.1) is 5.10 Å². The summed E-state index contributed by atoms with van der Waals surface area (Å²) in [7, 11) is 1.48. The molecule has 3 heterocycles. The summed E-state index contributed by atoms with van der Waals surface area (Å²) in [5.74, 6) is 0.665. The Balaban J connectivity index is 1.33. The summed E-state index contributed by atoms with van der Waals surface area (Å²) in [5, 5.41) is 16.7. The molecule has 3 aromatic rings. The lowest BCUT2D eigenvalue weighted by Crippen LogP contribution is -2.17. The van der Waals surface area contributed by atoms with Crippen molar-refractivity contribution < 1.29 is 14.3 Å². The van der Waals surface area contributed by atoms with Gasteiger partial charge < -0.3 is 14.8 Å². The van der Waals surface area contributed by atoms with E-state index in [9.17, 15) is 4.79 Å². The van der Waals surface area contributed by atoms with Crippen molar-refractivity contribution in [2.75, 3.05) is 13.7 Å². The van der Waals surface area contributed by atoms with Gasteiger partial charge in [0.05, 0.1) is 18.9 Å². The zero-order valence-electron chi connectivity index (χ0n) is 16.8. The first-order chi connectivity index (χ1) is 14.6. The number of methoxy groups -OCH3 is 1. The van der Waals surface area contributed by atoms with Gasteiger partial charge in [-0.3, -0.25) is 0 Å². The van der Waals surface area contributed by atoms with Crippen LogP contribution in [0.2, 0.25) is 0 Å². The van der Waals surface area contributed by atoms with E-state index in [1.807, 2.05) is 37.3 Å². The van der Waals surface area contributed by atoms with Crippen LogP contribution in [0.3, 0.4) is 0 Å². The Hall–Kier alpha value is -3.70. The summed E-state index contributed by atoms with van der Waals surface area (Å²) in [6.45, 7) is 3.90. The van der Waals surface area contributed by atoms with Gasteiger partial charge >= 0.3 is 5.97 Å². The third-order valence-electron chi connectivity index (χ3n) is 5.22. The zero-order valence-corrected chi connectivity index (χ0v) is 16.8. The van der Waals surface area contributed by atoms with Crippen molar-refractivity contribution in [3.8, 4) is 17.8 Å². The van der Waals surface area contributed by atoms with Crippen LogP contribution in [-0.4, -0.2) is 34.4 Å². The van der Waals surface area contributed by atoms with Crippen molar-refractivity contribution in [3.05, 3.63) is 70.0 Å². The predicted octanol–water partition coefficient (Wildman–Crippen LogP) is 2.46. The van der Waals surface area contributed by atoms with Crippen molar-refractivity contribution >= 4 is 5.97 Å². The number of hydrogen-bond acceptors (Lipinski definition) is 7. The van der Waals surface area contributed by atoms with Gasteiger partial charge in [0, 0.05) is 18.3 Å². The highest BCUT2D eigenvalue weighted by molar-refractivity contribution is 5.93. The second-order valence-corrected chi connectivity index (χ2v) is 7.01. The topological polar surface area (TPSA) is 102 Å². The van der Waals surface area contributed by atoms with Gasteiger partial charge in [-0.05, 0) is 48.7 Å². The highest BCUT2D eigenvalue weighted by atomic mass is 16.5. The van der Waals surface area contributed by atoms with Crippen molar-refractivity contribution in [1.82, 2.24) is 20.1 Å². The fourth-order valence-electron chi connectivity index (χ4n) is 3.48. The summed E-state index contributed by atoms with van der Waals surface area (Å²) in [4.78, 5) is 16.1. The van der Waals surface area contributed by atoms with E-state index < -0.39 is 0 Å². The van der Waals surface area contributed by atoms with E-state index in [1.54, 1.807) is 12.4 Å². The van der Waals surface area contributed by atoms with E-state index in [1.165, 1.54) is 17.4 Å². The molecule has 0 amide bonds. The molecule has 30 heavy (non-hydrogen) atoms. The largest absolute Gasteiger partial charge is 0.479 e. The second kappa shape index (κ2) is 8.35. The Morgan fingerprint density at radius 2 is 2.20 bits per heavy atom. The van der Waals surface area contributed by atoms with Gasteiger partial charge in [0.15, 0.2) is 5.82 Å². The zero-order chi connectivity index (χ0) is 21.1. The Morgan fingerprint density at radius 1 is 1.33 bits per heavy atom. The number of ether oxygens (including phenoxy) is 2. The monoisotopic (exact) mass is 403 g/mol. The Bertz CT molecular complexity index is 1130. The number of carbonyl (C=O) groups excluding carboxylic acids is 1. The molecular formula is C22H21N5O3. The standard InChI is InChI=1S/C22H21N5O3/c1-14-16(4-5-18-19(14)13-30-22(18)28)7-8-24-10-15-3-6-20(25-11-15)27-12-17(9-23)21(26-27)29-2/h3-6,11-12,24H,7-8,10,13H2,1-2H3. The van der Waals surface area contributed by atoms with Crippen LogP contribution in [0.25, 0.3) is 5.82 Å². The van der Waals surface area contributed by atoms with Crippen LogP contribution in [-0.2, 0) is 24.3 Å². The number of cyclic esters (lactones) is 1. The fourth-order valence-corrected chi connectivity index (χ4v) is 3.48. The maximum atomic E-state index is 11.6. The summed E-state index contributed by atoms with van der Waals surface area (Å²) in [5.41, 5.74) is 5.46. The minimum absolute atomic E-state index is 0.230. The van der Waals surface area contributed by atoms with Gasteiger partial charge in [0.25, 0.3) is 5.88 Å². The first-order valence-corrected chi connectivity index (χ1v) is 9.59. The Labute approximate surface area is 174 Å². The normalized spacial score (nSPS) is 12.4. The molecule has 1 N–H and O–H groups in total. The summed E-state index contributed by atoms with van der Waals surface area (Å²) >= 11 is 0. The maximum Gasteiger partial charge on any atom is 0.338 e. The first kappa shape index (κ1) is 19.6. The van der Waals surface area contributed by atoms with E-state index in [-0.39, 0.29) is 11.8 Å². The van der Waals surface area contributed by atoms with Crippen molar-refractivity contribution in [3.63, 3.8) is 0 Å². The molecule has 0 aliphatic carbocycles. The number of hydrogen-bond donors (Lipinski definition) is 1. The van der Waals surface area contributed by atoms with Crippen LogP contribution in [0.5, 0.6) is 5.88 Å². The average Bonchev–Trinajstić information content (AvgIpc) is 3.37. The lowest BCUT2D eigenvalue weighted by molar-refractivity contribution is 0.0535. The van der Waals surface area contributed by atoms with Crippen molar-refractivity contribution in [2.24, 2.45) is 0 Å². The molecule has 0 radical (unpaired) electrons. The Kier molecular flexibility index (Phi) is 5.46. The summed E-state index contributed by atoms with van der Waals surface area (Å²) in [6, 6.07) is 9.74. The molecular weight excluding hydrogens is 382 g/mol. The number of fused-ring (bicyclic) bond motifs is 1. The average molecular weight is 403 g/mol. The van der Waals surface area contributed by atoms with Gasteiger partial charge in [0.2, 0.25) is 0 Å². The first-order valence-electron chi connectivity index (χ1n) is 9.59. The number of nitrogens with zero attached hydrogens (tertiary/aromatic N) is 4. The molecule has 8 nitrogen and oxygen atoms in total. The highest BCUT2D eigenvalue weighted by Gasteiger charge is 2.23. The second-order valence-electron chi connectivity index (χ2n) is 7.01. The van der Waals surface area contributed by atoms with E-state index in [2.05, 4.69) is 15.4 Å². The Morgan fingerprint density at radius 3 is 2.90 bits per heavy atom. The molecule has 0 atom stereocenters. The molecule has 0 saturated carbocycles. The fraction of sp³-hybridized carbons (Fsp3) is 0.273. The lowest BCUT2D eigenvalue weighted by Gasteiger charge is -2.10. The molecule has 0 unspecified atom stereocenters. The molecule has 1 aliphatic rings. The molecule has 0 spiro atoms.